The van der Waals surface area contributed by atoms with Crippen LogP contribution >= 0.6 is 57.8 Å². The SMILES string of the molecule is C.C.C1CN([PH+](N2CCOCC2)N2CCOCC2)CCO1.CC(C)Oc1ccccc1[CH]=[Ru]([Cl])[Cl].CC=Cc1ccccc1OC(C)C.Cc1cc(C)c(N2[CH-]N(c3c(C)cc(C)cc3C)CC2)c(C)c1.Cc1cc(C)c(N2[CH-]N(c3c(C)cc(C)cc3C)CC2)c(C)c1.Cc1ccc(S(=O)(=O)Cl)cc1.Cc1ccccc1.[Cl][Ru]([Cl])=[C]1C=C(c2ccccc2)c2ccccc21. The summed E-state index contributed by atoms with van der Waals surface area (Å²) in [4.78, 5) is 9.77. The van der Waals surface area contributed by atoms with Crippen molar-refractivity contribution in [1.29, 1.82) is 0 Å². The van der Waals surface area contributed by atoms with E-state index in [-0.39, 0.29) is 32.0 Å². The number of ether oxygens (including phenoxy) is 5. The van der Waals surface area contributed by atoms with E-state index >= 15 is 0 Å². The molecule has 10 aromatic rings. The third-order valence-corrected chi connectivity index (χ3v) is 31.0. The van der Waals surface area contributed by atoms with Crippen LogP contribution in [-0.4, -0.2) is 148 Å². The molecule has 14 nitrogen and oxygen atoms in total. The molecule has 0 N–H and O–H groups in total. The standard InChI is InChI=1S/2C21H27N2.C15H10.C12H24N3O3P.C12H16O.C10H12O.C7H7ClO2S.C7H8.2CH4.4ClH.2Ru/c2*1-14-9-16(3)20(17(4)10-14)22-7-8-23(13-22)21-18(5)11-15(2)12-19(21)6;1-2-6-12(7-3-1)15-11-10-13-8-4-5-9-14(13)15;1-7-16-8-2-13(1)19(14-3-9-17-10-4-14)15-5-11-18-12-6-15;1-4-7-11-8-5-6-9-12(11)13-10(2)3;1-8(2)11-10-7-5-4-6-9(10)3;1-6-2-4-7(5-3-6)11(8,9)10;1-7-5-3-2-4-6-7;;;;;;;;/h2*9-13H,7-8H2,1-6H3;1-9,11H;1-12H2;4-10H,1-3H3;3-8H,1-2H3;2-5H,1H3;2-6H,1H3;2*1H4;4*1H;;/q2*-1;;;;;;;;;;;;;2*+2/p-3. The first kappa shape index (κ1) is 110. The first-order valence-corrected chi connectivity index (χ1v) is 58.3. The summed E-state index contributed by atoms with van der Waals surface area (Å²) in [5, 5.41) is 0. The summed E-state index contributed by atoms with van der Waals surface area (Å²) in [6, 6.07) is 69.4. The van der Waals surface area contributed by atoms with Gasteiger partial charge in [-0.15, -0.1) is 14.0 Å². The molecule has 5 fully saturated rings. The molecule has 0 amide bonds. The molecule has 0 spiro atoms. The van der Waals surface area contributed by atoms with Crippen LogP contribution in [-0.2, 0) is 50.3 Å². The quantitative estimate of drug-likeness (QED) is 0.0421. The number of halogens is 5. The zero-order valence-corrected chi connectivity index (χ0v) is 87.1. The maximum atomic E-state index is 10.7. The van der Waals surface area contributed by atoms with E-state index in [4.69, 9.17) is 73.1 Å². The van der Waals surface area contributed by atoms with E-state index in [1.807, 2.05) is 137 Å². The van der Waals surface area contributed by atoms with Crippen molar-refractivity contribution in [3.8, 4) is 11.5 Å². The van der Waals surface area contributed by atoms with Crippen LogP contribution in [0.4, 0.5) is 22.7 Å². The third kappa shape index (κ3) is 33.8. The molecule has 16 rings (SSSR count). The van der Waals surface area contributed by atoms with Gasteiger partial charge in [0.25, 0.3) is 9.05 Å². The molecule has 1 aliphatic carbocycles. The second-order valence-corrected chi connectivity index (χ2v) is 49.8. The zero-order valence-electron chi connectivity index (χ0n) is 78.1. The monoisotopic (exact) mass is 2080 g/mol. The van der Waals surface area contributed by atoms with Gasteiger partial charge in [0.1, 0.15) is 5.75 Å². The van der Waals surface area contributed by atoms with Gasteiger partial charge in [-0.25, -0.2) is 8.42 Å². The molecular formula is C107H140Cl5N7O7PRu2S-. The van der Waals surface area contributed by atoms with Crippen LogP contribution in [0, 0.1) is 110 Å². The van der Waals surface area contributed by atoms with E-state index in [1.165, 1.54) is 129 Å². The topological polar surface area (TPSA) is 103 Å². The van der Waals surface area contributed by atoms with Crippen LogP contribution in [0.2, 0.25) is 0 Å². The Morgan fingerprint density at radius 2 is 0.700 bits per heavy atom. The third-order valence-electron chi connectivity index (χ3n) is 21.6. The molecule has 0 aromatic heterocycles. The Morgan fingerprint density at radius 3 is 1.02 bits per heavy atom. The molecule has 5 aliphatic heterocycles. The predicted octanol–water partition coefficient (Wildman–Crippen LogP) is 26.7. The number of benzene rings is 10. The van der Waals surface area contributed by atoms with Gasteiger partial charge in [0.2, 0.25) is 8.37 Å². The summed E-state index contributed by atoms with van der Waals surface area (Å²) in [5.41, 5.74) is 31.0. The van der Waals surface area contributed by atoms with Crippen LogP contribution in [0.1, 0.15) is 155 Å². The molecule has 0 saturated carbocycles. The van der Waals surface area contributed by atoms with E-state index in [0.717, 1.165) is 137 Å². The van der Waals surface area contributed by atoms with Crippen molar-refractivity contribution < 1.29 is 59.1 Å². The van der Waals surface area contributed by atoms with Gasteiger partial charge in [0.15, 0.2) is 0 Å². The molecule has 708 valence electrons. The number of rotatable bonds is 15. The van der Waals surface area contributed by atoms with Crippen molar-refractivity contribution in [1.82, 2.24) is 14.0 Å². The molecule has 10 aromatic carbocycles. The molecule has 5 saturated heterocycles. The number of allylic oxidation sites excluding steroid dienone is 2. The minimum atomic E-state index is -3.55. The molecule has 5 heterocycles. The molecule has 0 bridgehead atoms. The van der Waals surface area contributed by atoms with Crippen molar-refractivity contribution in [2.75, 3.05) is 125 Å². The second-order valence-electron chi connectivity index (χ2n) is 33.2. The molecular weight excluding hydrogens is 1940 g/mol. The first-order valence-electron chi connectivity index (χ1n) is 43.8. The van der Waals surface area contributed by atoms with Crippen molar-refractivity contribution >= 4 is 110 Å². The molecule has 0 unspecified atom stereocenters. The molecule has 0 radical (unpaired) electrons. The number of aryl methyl sites for hydroxylation is 14. The van der Waals surface area contributed by atoms with Gasteiger partial charge in [0.05, 0.1) is 89.9 Å². The minimum absolute atomic E-state index is 0. The Morgan fingerprint density at radius 1 is 0.392 bits per heavy atom. The Bertz CT molecular complexity index is 5080. The van der Waals surface area contributed by atoms with Crippen LogP contribution < -0.4 is 29.1 Å². The zero-order chi connectivity index (χ0) is 92.7. The van der Waals surface area contributed by atoms with Gasteiger partial charge in [-0.1, -0.05) is 170 Å². The summed E-state index contributed by atoms with van der Waals surface area (Å²) in [7, 11) is 24.8. The number of hydrogen-bond donors (Lipinski definition) is 0. The van der Waals surface area contributed by atoms with E-state index in [2.05, 4.69) is 246 Å². The predicted molar refractivity (Wildman–Crippen MR) is 557 cm³/mol. The van der Waals surface area contributed by atoms with E-state index < -0.39 is 44.5 Å². The first-order chi connectivity index (χ1) is 61.2. The van der Waals surface area contributed by atoms with Crippen LogP contribution in [0.5, 0.6) is 11.5 Å². The van der Waals surface area contributed by atoms with Crippen LogP contribution in [0.3, 0.4) is 0 Å². The summed E-state index contributed by atoms with van der Waals surface area (Å²) < 4.78 is 60.2. The Hall–Kier alpha value is -6.94. The van der Waals surface area contributed by atoms with Gasteiger partial charge in [-0.3, -0.25) is 0 Å². The van der Waals surface area contributed by atoms with Crippen LogP contribution in [0.15, 0.2) is 223 Å². The van der Waals surface area contributed by atoms with Gasteiger partial charge < -0.3 is 38.5 Å². The normalized spacial score (nSPS) is 15.2. The average molecular weight is 2080 g/mol. The van der Waals surface area contributed by atoms with Gasteiger partial charge in [0, 0.05) is 65.2 Å². The number of nitrogens with zero attached hydrogens (tertiary/aromatic N) is 7. The van der Waals surface area contributed by atoms with Gasteiger partial charge in [-0.2, -0.15) is 13.3 Å². The fourth-order valence-corrected chi connectivity index (χ4v) is 24.6. The fourth-order valence-electron chi connectivity index (χ4n) is 16.6. The van der Waals surface area contributed by atoms with Crippen molar-refractivity contribution in [3.05, 3.63) is 337 Å². The molecule has 0 atom stereocenters. The van der Waals surface area contributed by atoms with Crippen molar-refractivity contribution in [2.45, 2.75) is 164 Å². The van der Waals surface area contributed by atoms with Gasteiger partial charge in [-0.05, 0) is 180 Å². The average Bonchev–Trinajstić information content (AvgIpc) is 1.63. The second kappa shape index (κ2) is 55.2. The van der Waals surface area contributed by atoms with Crippen molar-refractivity contribution in [3.63, 3.8) is 0 Å². The number of morpholine rings is 3. The molecule has 6 aliphatic rings. The Balaban J connectivity index is 0.000000207. The number of hydrogen-bond acceptors (Lipinski definition) is 14. The maximum absolute atomic E-state index is 10.7. The summed E-state index contributed by atoms with van der Waals surface area (Å²) in [5.74, 6) is 1.80. The molecule has 23 heteroatoms. The Kier molecular flexibility index (Phi) is 46.7. The number of para-hydroxylation sites is 2. The fraction of sp³-hybridized carbons (Fsp3) is 0.364. The van der Waals surface area contributed by atoms with E-state index in [1.54, 1.807) is 12.1 Å². The van der Waals surface area contributed by atoms with Crippen LogP contribution in [0.25, 0.3) is 11.6 Å². The number of fused-ring (bicyclic) bond motifs is 1. The summed E-state index contributed by atoms with van der Waals surface area (Å²) in [6.45, 7) is 60.9. The Labute approximate surface area is 813 Å². The van der Waals surface area contributed by atoms with Gasteiger partial charge >= 0.3 is 218 Å². The summed E-state index contributed by atoms with van der Waals surface area (Å²) in [6.07, 6.45) is 6.61. The van der Waals surface area contributed by atoms with E-state index in [9.17, 15) is 8.42 Å². The molecule has 130 heavy (non-hydrogen) atoms. The number of anilines is 4. The van der Waals surface area contributed by atoms with Crippen molar-refractivity contribution in [2.24, 2.45) is 0 Å². The summed E-state index contributed by atoms with van der Waals surface area (Å²) >= 11 is -3.65. The van der Waals surface area contributed by atoms with E-state index in [0.29, 0.717) is 0 Å².